The summed E-state index contributed by atoms with van der Waals surface area (Å²) in [5.74, 6) is 0.261. The number of allylic oxidation sites excluding steroid dienone is 1. The zero-order valence-corrected chi connectivity index (χ0v) is 13.1. The number of esters is 1. The van der Waals surface area contributed by atoms with Gasteiger partial charge in [-0.2, -0.15) is 0 Å². The van der Waals surface area contributed by atoms with Crippen LogP contribution in [-0.4, -0.2) is 25.2 Å². The van der Waals surface area contributed by atoms with Gasteiger partial charge >= 0.3 is 12.0 Å². The fourth-order valence-corrected chi connectivity index (χ4v) is 2.34. The molecule has 0 fully saturated rings. The molecule has 6 nitrogen and oxygen atoms in total. The van der Waals surface area contributed by atoms with Gasteiger partial charge in [0, 0.05) is 5.70 Å². The average Bonchev–Trinajstić information content (AvgIpc) is 2.46. The van der Waals surface area contributed by atoms with Crippen LogP contribution in [0.1, 0.15) is 32.4 Å². The van der Waals surface area contributed by atoms with Gasteiger partial charge in [-0.25, -0.2) is 9.59 Å². The Bertz CT molecular complexity index is 605. The summed E-state index contributed by atoms with van der Waals surface area (Å²) in [5, 5.41) is 5.32. The first-order valence-electron chi connectivity index (χ1n) is 7.05. The maximum Gasteiger partial charge on any atom is 0.337 e. The minimum absolute atomic E-state index is 0.0807. The second kappa shape index (κ2) is 6.51. The smallest absolute Gasteiger partial charge is 0.337 e. The highest BCUT2D eigenvalue weighted by Crippen LogP contribution is 2.28. The summed E-state index contributed by atoms with van der Waals surface area (Å²) in [5.41, 5.74) is 1.66. The molecule has 2 rings (SSSR count). The van der Waals surface area contributed by atoms with Gasteiger partial charge in [0.05, 0.1) is 24.8 Å². The van der Waals surface area contributed by atoms with E-state index in [1.165, 1.54) is 7.11 Å². The van der Waals surface area contributed by atoms with Crippen molar-refractivity contribution in [3.05, 3.63) is 41.1 Å². The van der Waals surface area contributed by atoms with Gasteiger partial charge in [-0.15, -0.1) is 0 Å². The topological polar surface area (TPSA) is 76.7 Å². The van der Waals surface area contributed by atoms with Gasteiger partial charge in [-0.05, 0) is 38.5 Å². The molecule has 1 heterocycles. The summed E-state index contributed by atoms with van der Waals surface area (Å²) in [6.07, 6.45) is 0.0807. The van der Waals surface area contributed by atoms with E-state index < -0.39 is 12.0 Å². The Balaban J connectivity index is 2.33. The van der Waals surface area contributed by atoms with E-state index in [0.717, 1.165) is 11.3 Å². The predicted octanol–water partition coefficient (Wildman–Crippen LogP) is 2.27. The average molecular weight is 304 g/mol. The molecule has 2 N–H and O–H groups in total. The van der Waals surface area contributed by atoms with Gasteiger partial charge in [-0.3, -0.25) is 0 Å². The van der Waals surface area contributed by atoms with E-state index in [4.69, 9.17) is 9.47 Å². The van der Waals surface area contributed by atoms with Crippen LogP contribution in [-0.2, 0) is 9.53 Å². The number of carbonyl (C=O) groups excluding carboxylic acids is 2. The molecule has 1 aromatic rings. The lowest BCUT2D eigenvalue weighted by Crippen LogP contribution is -2.45. The molecular formula is C16H20N2O4. The molecule has 118 valence electrons. The highest BCUT2D eigenvalue weighted by atomic mass is 16.5. The Morgan fingerprint density at radius 1 is 1.23 bits per heavy atom. The second-order valence-corrected chi connectivity index (χ2v) is 5.30. The number of rotatable bonds is 4. The Labute approximate surface area is 129 Å². The zero-order valence-electron chi connectivity index (χ0n) is 13.1. The molecular weight excluding hydrogens is 284 g/mol. The SMILES string of the molecule is COC(=O)C1=C(C)NC(=O)N[C@@H]1c1ccc(OC(C)C)cc1. The lowest BCUT2D eigenvalue weighted by Gasteiger charge is -2.28. The van der Waals surface area contributed by atoms with E-state index in [-0.39, 0.29) is 12.1 Å². The number of urea groups is 1. The number of nitrogens with one attached hydrogen (secondary N) is 2. The van der Waals surface area contributed by atoms with Crippen LogP contribution >= 0.6 is 0 Å². The van der Waals surface area contributed by atoms with Crippen molar-refractivity contribution in [3.8, 4) is 5.75 Å². The lowest BCUT2D eigenvalue weighted by molar-refractivity contribution is -0.136. The Hall–Kier alpha value is -2.50. The number of benzene rings is 1. The van der Waals surface area contributed by atoms with Crippen molar-refractivity contribution in [2.24, 2.45) is 0 Å². The molecule has 2 amide bonds. The molecule has 0 saturated heterocycles. The molecule has 0 aliphatic carbocycles. The number of amides is 2. The van der Waals surface area contributed by atoms with Gasteiger partial charge < -0.3 is 20.1 Å². The Morgan fingerprint density at radius 2 is 1.86 bits per heavy atom. The van der Waals surface area contributed by atoms with Gasteiger partial charge in [0.25, 0.3) is 0 Å². The molecule has 1 aromatic carbocycles. The highest BCUT2D eigenvalue weighted by Gasteiger charge is 2.31. The lowest BCUT2D eigenvalue weighted by atomic mass is 9.95. The van der Waals surface area contributed by atoms with Crippen LogP contribution in [0.3, 0.4) is 0 Å². The molecule has 6 heteroatoms. The molecule has 1 aliphatic heterocycles. The minimum Gasteiger partial charge on any atom is -0.491 e. The third-order valence-corrected chi connectivity index (χ3v) is 3.26. The first-order valence-corrected chi connectivity index (χ1v) is 7.05. The minimum atomic E-state index is -0.547. The fraction of sp³-hybridized carbons (Fsp3) is 0.375. The van der Waals surface area contributed by atoms with Crippen molar-refractivity contribution >= 4 is 12.0 Å². The second-order valence-electron chi connectivity index (χ2n) is 5.30. The van der Waals surface area contributed by atoms with Crippen LogP contribution in [0, 0.1) is 0 Å². The summed E-state index contributed by atoms with van der Waals surface area (Å²) in [4.78, 5) is 23.7. The largest absolute Gasteiger partial charge is 0.491 e. The monoisotopic (exact) mass is 304 g/mol. The van der Waals surface area contributed by atoms with E-state index in [9.17, 15) is 9.59 Å². The van der Waals surface area contributed by atoms with Gasteiger partial charge in [0.1, 0.15) is 5.75 Å². The van der Waals surface area contributed by atoms with Crippen molar-refractivity contribution in [2.75, 3.05) is 7.11 Å². The van der Waals surface area contributed by atoms with Crippen LogP contribution in [0.5, 0.6) is 5.75 Å². The van der Waals surface area contributed by atoms with Crippen LogP contribution in [0.2, 0.25) is 0 Å². The summed E-state index contributed by atoms with van der Waals surface area (Å²) in [6.45, 7) is 5.57. The number of methoxy groups -OCH3 is 1. The predicted molar refractivity (Wildman–Crippen MR) is 81.3 cm³/mol. The van der Waals surface area contributed by atoms with E-state index in [1.807, 2.05) is 38.1 Å². The molecule has 0 aromatic heterocycles. The molecule has 0 bridgehead atoms. The molecule has 0 saturated carbocycles. The van der Waals surface area contributed by atoms with Crippen molar-refractivity contribution in [1.29, 1.82) is 0 Å². The van der Waals surface area contributed by atoms with Crippen LogP contribution < -0.4 is 15.4 Å². The van der Waals surface area contributed by atoms with Gasteiger partial charge in [0.2, 0.25) is 0 Å². The van der Waals surface area contributed by atoms with Gasteiger partial charge in [-0.1, -0.05) is 12.1 Å². The fourth-order valence-electron chi connectivity index (χ4n) is 2.34. The van der Waals surface area contributed by atoms with E-state index >= 15 is 0 Å². The summed E-state index contributed by atoms with van der Waals surface area (Å²) in [6, 6.07) is 6.38. The molecule has 1 atom stereocenters. The molecule has 22 heavy (non-hydrogen) atoms. The van der Waals surface area contributed by atoms with Crippen molar-refractivity contribution in [1.82, 2.24) is 10.6 Å². The molecule has 1 aliphatic rings. The third kappa shape index (κ3) is 3.39. The molecule has 0 radical (unpaired) electrons. The quantitative estimate of drug-likeness (QED) is 0.837. The first kappa shape index (κ1) is 15.9. The number of hydrogen-bond acceptors (Lipinski definition) is 4. The van der Waals surface area contributed by atoms with Crippen LogP contribution in [0.15, 0.2) is 35.5 Å². The van der Waals surface area contributed by atoms with Crippen LogP contribution in [0.4, 0.5) is 4.79 Å². The van der Waals surface area contributed by atoms with E-state index in [2.05, 4.69) is 10.6 Å². The van der Waals surface area contributed by atoms with Crippen molar-refractivity contribution < 1.29 is 19.1 Å². The molecule has 0 unspecified atom stereocenters. The van der Waals surface area contributed by atoms with E-state index in [1.54, 1.807) is 6.92 Å². The summed E-state index contributed by atoms with van der Waals surface area (Å²) >= 11 is 0. The number of carbonyl (C=O) groups is 2. The van der Waals surface area contributed by atoms with E-state index in [0.29, 0.717) is 11.3 Å². The third-order valence-electron chi connectivity index (χ3n) is 3.26. The van der Waals surface area contributed by atoms with Crippen molar-refractivity contribution in [2.45, 2.75) is 32.9 Å². The standard InChI is InChI=1S/C16H20N2O4/c1-9(2)22-12-7-5-11(6-8-12)14-13(15(19)21-4)10(3)17-16(20)18-14/h5-9,14H,1-4H3,(H2,17,18,20)/t14-/m1/s1. The number of ether oxygens (including phenoxy) is 2. The maximum absolute atomic E-state index is 12.0. The molecule has 0 spiro atoms. The Kier molecular flexibility index (Phi) is 4.70. The van der Waals surface area contributed by atoms with Crippen molar-refractivity contribution in [3.63, 3.8) is 0 Å². The van der Waals surface area contributed by atoms with Gasteiger partial charge in [0.15, 0.2) is 0 Å². The number of hydrogen-bond donors (Lipinski definition) is 2. The Morgan fingerprint density at radius 3 is 2.41 bits per heavy atom. The summed E-state index contributed by atoms with van der Waals surface area (Å²) in [7, 11) is 1.32. The van der Waals surface area contributed by atoms with Crippen LogP contribution in [0.25, 0.3) is 0 Å². The highest BCUT2D eigenvalue weighted by molar-refractivity contribution is 5.94. The first-order chi connectivity index (χ1) is 10.4. The summed E-state index contributed by atoms with van der Waals surface area (Å²) < 4.78 is 10.4. The zero-order chi connectivity index (χ0) is 16.3. The maximum atomic E-state index is 12.0. The normalized spacial score (nSPS) is 17.9.